The van der Waals surface area contributed by atoms with Crippen molar-refractivity contribution in [2.45, 2.75) is 26.7 Å². The lowest BCUT2D eigenvalue weighted by Crippen LogP contribution is -2.08. The van der Waals surface area contributed by atoms with E-state index in [0.717, 1.165) is 18.7 Å². The number of rotatable bonds is 13. The van der Waals surface area contributed by atoms with Crippen molar-refractivity contribution in [2.24, 2.45) is 0 Å². The van der Waals surface area contributed by atoms with Gasteiger partial charge in [-0.1, -0.05) is 0 Å². The molecule has 0 aliphatic carbocycles. The van der Waals surface area contributed by atoms with Gasteiger partial charge in [0.05, 0.1) is 6.61 Å². The minimum absolute atomic E-state index is 0. The molecule has 132 valence electrons. The SMILES string of the molecule is CCNc1ccc(OCCCOCCCOCC(C)=O)c(F)c1.[HH]. The van der Waals surface area contributed by atoms with E-state index in [4.69, 9.17) is 14.2 Å². The summed E-state index contributed by atoms with van der Waals surface area (Å²) in [4.78, 5) is 10.6. The van der Waals surface area contributed by atoms with Crippen molar-refractivity contribution in [1.29, 1.82) is 0 Å². The number of nitrogens with one attached hydrogen (secondary N) is 1. The zero-order chi connectivity index (χ0) is 16.9. The largest absolute Gasteiger partial charge is 0.490 e. The molecular weight excluding hydrogens is 301 g/mol. The average Bonchev–Trinajstić information content (AvgIpc) is 2.51. The van der Waals surface area contributed by atoms with Gasteiger partial charge >= 0.3 is 0 Å². The molecule has 0 bridgehead atoms. The van der Waals surface area contributed by atoms with Crippen LogP contribution in [0, 0.1) is 5.82 Å². The summed E-state index contributed by atoms with van der Waals surface area (Å²) in [6.45, 7) is 6.39. The van der Waals surface area contributed by atoms with E-state index in [-0.39, 0.29) is 25.4 Å². The van der Waals surface area contributed by atoms with E-state index < -0.39 is 0 Å². The van der Waals surface area contributed by atoms with Crippen molar-refractivity contribution in [3.8, 4) is 5.75 Å². The van der Waals surface area contributed by atoms with Gasteiger partial charge in [0.25, 0.3) is 0 Å². The first-order valence-electron chi connectivity index (χ1n) is 7.94. The third-order valence-corrected chi connectivity index (χ3v) is 2.89. The van der Waals surface area contributed by atoms with Crippen LogP contribution in [0.1, 0.15) is 28.1 Å². The Labute approximate surface area is 138 Å². The van der Waals surface area contributed by atoms with E-state index in [1.807, 2.05) is 6.92 Å². The Morgan fingerprint density at radius 3 is 2.52 bits per heavy atom. The Hall–Kier alpha value is -1.66. The van der Waals surface area contributed by atoms with Crippen molar-refractivity contribution in [3.05, 3.63) is 24.0 Å². The van der Waals surface area contributed by atoms with Crippen LogP contribution in [-0.2, 0) is 14.3 Å². The molecule has 0 saturated heterocycles. The highest BCUT2D eigenvalue weighted by atomic mass is 19.1. The number of carbonyl (C=O) groups is 1. The number of hydrogen-bond acceptors (Lipinski definition) is 5. The molecule has 0 heterocycles. The number of benzene rings is 1. The molecule has 0 aliphatic heterocycles. The van der Waals surface area contributed by atoms with Crippen LogP contribution in [0.4, 0.5) is 10.1 Å². The van der Waals surface area contributed by atoms with Crippen LogP contribution in [0.25, 0.3) is 0 Å². The quantitative estimate of drug-likeness (QED) is 0.563. The number of anilines is 1. The maximum absolute atomic E-state index is 13.7. The zero-order valence-corrected chi connectivity index (χ0v) is 13.9. The molecule has 0 radical (unpaired) electrons. The zero-order valence-electron chi connectivity index (χ0n) is 13.9. The second-order valence-electron chi connectivity index (χ2n) is 5.10. The van der Waals surface area contributed by atoms with Crippen LogP contribution in [0.3, 0.4) is 0 Å². The van der Waals surface area contributed by atoms with Gasteiger partial charge in [0.2, 0.25) is 0 Å². The third-order valence-electron chi connectivity index (χ3n) is 2.89. The van der Waals surface area contributed by atoms with Crippen molar-refractivity contribution in [2.75, 3.05) is 44.9 Å². The first kappa shape index (κ1) is 19.4. The van der Waals surface area contributed by atoms with E-state index >= 15 is 0 Å². The number of ether oxygens (including phenoxy) is 3. The summed E-state index contributed by atoms with van der Waals surface area (Å²) in [5.41, 5.74) is 0.743. The molecule has 1 aromatic rings. The van der Waals surface area contributed by atoms with Crippen molar-refractivity contribution in [1.82, 2.24) is 0 Å². The van der Waals surface area contributed by atoms with Crippen LogP contribution in [0.15, 0.2) is 18.2 Å². The molecule has 1 aromatic carbocycles. The molecule has 0 unspecified atom stereocenters. The van der Waals surface area contributed by atoms with E-state index in [1.165, 1.54) is 13.0 Å². The highest BCUT2D eigenvalue weighted by molar-refractivity contribution is 5.76. The number of Topliss-reactive ketones (excluding diaryl/α,β-unsaturated/α-hetero) is 1. The Morgan fingerprint density at radius 2 is 1.87 bits per heavy atom. The first-order valence-corrected chi connectivity index (χ1v) is 7.94. The third kappa shape index (κ3) is 9.15. The second kappa shape index (κ2) is 11.8. The maximum atomic E-state index is 13.7. The van der Waals surface area contributed by atoms with Gasteiger partial charge in [-0.3, -0.25) is 4.79 Å². The summed E-state index contributed by atoms with van der Waals surface area (Å²) in [5.74, 6) is -0.0925. The number of hydrogen-bond donors (Lipinski definition) is 1. The molecule has 1 rings (SSSR count). The average molecular weight is 329 g/mol. The first-order chi connectivity index (χ1) is 11.1. The molecule has 23 heavy (non-hydrogen) atoms. The molecule has 0 fully saturated rings. The second-order valence-corrected chi connectivity index (χ2v) is 5.10. The Kier molecular flexibility index (Phi) is 9.99. The van der Waals surface area contributed by atoms with Crippen LogP contribution in [0.2, 0.25) is 0 Å². The number of carbonyl (C=O) groups excluding carboxylic acids is 1. The lowest BCUT2D eigenvalue weighted by Gasteiger charge is -2.09. The minimum atomic E-state index is -0.369. The maximum Gasteiger partial charge on any atom is 0.167 e. The van der Waals surface area contributed by atoms with E-state index in [9.17, 15) is 9.18 Å². The van der Waals surface area contributed by atoms with Gasteiger partial charge in [-0.15, -0.1) is 0 Å². The molecule has 0 aromatic heterocycles. The van der Waals surface area contributed by atoms with Crippen molar-refractivity contribution >= 4 is 11.5 Å². The van der Waals surface area contributed by atoms with Gasteiger partial charge in [0, 0.05) is 46.0 Å². The fraction of sp³-hybridized carbons (Fsp3) is 0.588. The number of ketones is 1. The lowest BCUT2D eigenvalue weighted by atomic mass is 10.3. The monoisotopic (exact) mass is 329 g/mol. The summed E-state index contributed by atoms with van der Waals surface area (Å²) in [6.07, 6.45) is 1.43. The Morgan fingerprint density at radius 1 is 1.17 bits per heavy atom. The molecule has 0 amide bonds. The van der Waals surface area contributed by atoms with Gasteiger partial charge in [0.1, 0.15) is 6.61 Å². The van der Waals surface area contributed by atoms with Crippen LogP contribution < -0.4 is 10.1 Å². The van der Waals surface area contributed by atoms with Gasteiger partial charge in [-0.25, -0.2) is 4.39 Å². The van der Waals surface area contributed by atoms with E-state index in [1.54, 1.807) is 12.1 Å². The smallest absolute Gasteiger partial charge is 0.167 e. The predicted molar refractivity (Wildman–Crippen MR) is 89.7 cm³/mol. The van der Waals surface area contributed by atoms with E-state index in [2.05, 4.69) is 5.32 Å². The molecule has 5 nitrogen and oxygen atoms in total. The Bertz CT molecular complexity index is 474. The lowest BCUT2D eigenvalue weighted by molar-refractivity contribution is -0.121. The molecule has 0 spiro atoms. The molecule has 1 N–H and O–H groups in total. The predicted octanol–water partition coefficient (Wildman–Crippen LogP) is 3.28. The topological polar surface area (TPSA) is 56.8 Å². The van der Waals surface area contributed by atoms with Crippen LogP contribution >= 0.6 is 0 Å². The molecule has 0 aliphatic rings. The molecular formula is C17H28FNO4. The fourth-order valence-corrected chi connectivity index (χ4v) is 1.86. The highest BCUT2D eigenvalue weighted by Crippen LogP contribution is 2.21. The Balaban J connectivity index is 0.00000529. The van der Waals surface area contributed by atoms with Gasteiger partial charge < -0.3 is 19.5 Å². The summed E-state index contributed by atoms with van der Waals surface area (Å²) in [5, 5.41) is 3.04. The van der Waals surface area contributed by atoms with E-state index in [0.29, 0.717) is 32.8 Å². The van der Waals surface area contributed by atoms with Crippen LogP contribution in [-0.4, -0.2) is 45.4 Å². The molecule has 0 saturated carbocycles. The summed E-state index contributed by atoms with van der Waals surface area (Å²) >= 11 is 0. The summed E-state index contributed by atoms with van der Waals surface area (Å²) < 4.78 is 29.7. The summed E-state index contributed by atoms with van der Waals surface area (Å²) in [7, 11) is 0. The van der Waals surface area contributed by atoms with Gasteiger partial charge in [-0.2, -0.15) is 0 Å². The minimum Gasteiger partial charge on any atom is -0.490 e. The highest BCUT2D eigenvalue weighted by Gasteiger charge is 2.04. The summed E-state index contributed by atoms with van der Waals surface area (Å²) in [6, 6.07) is 4.84. The normalized spacial score (nSPS) is 10.6. The molecule has 0 atom stereocenters. The molecule has 6 heteroatoms. The van der Waals surface area contributed by atoms with Crippen molar-refractivity contribution < 1.29 is 24.8 Å². The van der Waals surface area contributed by atoms with Crippen molar-refractivity contribution in [3.63, 3.8) is 0 Å². The number of halogens is 1. The van der Waals surface area contributed by atoms with Crippen LogP contribution in [0.5, 0.6) is 5.75 Å². The van der Waals surface area contributed by atoms with Gasteiger partial charge in [-0.05, 0) is 32.4 Å². The standard InChI is InChI=1S/C17H26FNO4.H2/c1-3-19-15-6-7-17(16(18)12-15)23-11-5-9-21-8-4-10-22-13-14(2)20;/h6-7,12,19H,3-5,8-11,13H2,1-2H3;1H. The van der Waals surface area contributed by atoms with Gasteiger partial charge in [0.15, 0.2) is 17.3 Å². The fourth-order valence-electron chi connectivity index (χ4n) is 1.86.